The Hall–Kier alpha value is -2.37. The van der Waals surface area contributed by atoms with Crippen LogP contribution in [0.5, 0.6) is 0 Å². The molecule has 5 heteroatoms. The Kier molecular flexibility index (Phi) is 7.60. The first-order valence-corrected chi connectivity index (χ1v) is 11.7. The second-order valence-corrected chi connectivity index (χ2v) is 8.80. The van der Waals surface area contributed by atoms with Crippen molar-refractivity contribution < 1.29 is 9.53 Å². The van der Waals surface area contributed by atoms with Crippen molar-refractivity contribution in [2.75, 3.05) is 38.3 Å². The van der Waals surface area contributed by atoms with E-state index >= 15 is 0 Å². The smallest absolute Gasteiger partial charge is 0.251 e. The van der Waals surface area contributed by atoms with Gasteiger partial charge in [-0.2, -0.15) is 0 Å². The van der Waals surface area contributed by atoms with E-state index in [0.29, 0.717) is 18.2 Å². The minimum absolute atomic E-state index is 0.0241. The number of ether oxygens (including phenoxy) is 1. The molecule has 2 aromatic carbocycles. The first-order valence-electron chi connectivity index (χ1n) is 11.7. The molecule has 0 atom stereocenters. The predicted molar refractivity (Wildman–Crippen MR) is 125 cm³/mol. The molecule has 4 rings (SSSR count). The minimum atomic E-state index is -0.0241. The van der Waals surface area contributed by atoms with E-state index in [0.717, 1.165) is 38.5 Å². The van der Waals surface area contributed by atoms with Crippen LogP contribution >= 0.6 is 0 Å². The van der Waals surface area contributed by atoms with E-state index in [4.69, 9.17) is 4.74 Å². The molecular formula is C26H35N3O2. The lowest BCUT2D eigenvalue weighted by molar-refractivity contribution is 0.0950. The van der Waals surface area contributed by atoms with Gasteiger partial charge in [-0.25, -0.2) is 0 Å². The molecule has 0 spiro atoms. The Labute approximate surface area is 186 Å². The van der Waals surface area contributed by atoms with Crippen LogP contribution < -0.4 is 10.2 Å². The van der Waals surface area contributed by atoms with Crippen LogP contribution in [-0.2, 0) is 17.8 Å². The van der Waals surface area contributed by atoms with Gasteiger partial charge in [0.1, 0.15) is 0 Å². The fraction of sp³-hybridized carbons (Fsp3) is 0.500. The molecule has 1 heterocycles. The zero-order valence-electron chi connectivity index (χ0n) is 18.7. The molecule has 1 saturated carbocycles. The third kappa shape index (κ3) is 5.86. The third-order valence-corrected chi connectivity index (χ3v) is 6.68. The molecule has 0 bridgehead atoms. The van der Waals surface area contributed by atoms with Gasteiger partial charge in [-0.05, 0) is 55.3 Å². The van der Waals surface area contributed by atoms with Gasteiger partial charge in [0.2, 0.25) is 0 Å². The van der Waals surface area contributed by atoms with Crippen LogP contribution in [0.3, 0.4) is 0 Å². The van der Waals surface area contributed by atoms with Crippen molar-refractivity contribution in [3.8, 4) is 0 Å². The van der Waals surface area contributed by atoms with Crippen molar-refractivity contribution in [1.82, 2.24) is 10.2 Å². The highest BCUT2D eigenvalue weighted by Gasteiger charge is 2.19. The van der Waals surface area contributed by atoms with E-state index < -0.39 is 0 Å². The maximum absolute atomic E-state index is 12.7. The number of benzene rings is 2. The number of hydrogen-bond donors (Lipinski definition) is 1. The fourth-order valence-corrected chi connectivity index (χ4v) is 4.73. The van der Waals surface area contributed by atoms with Crippen LogP contribution in [0.15, 0.2) is 48.5 Å². The van der Waals surface area contributed by atoms with Crippen molar-refractivity contribution in [2.45, 2.75) is 51.2 Å². The molecule has 1 saturated heterocycles. The van der Waals surface area contributed by atoms with Gasteiger partial charge in [0.25, 0.3) is 5.91 Å². The van der Waals surface area contributed by atoms with Gasteiger partial charge in [0.15, 0.2) is 0 Å². The van der Waals surface area contributed by atoms with Gasteiger partial charge in [-0.1, -0.05) is 43.5 Å². The number of nitrogens with zero attached hydrogens (tertiary/aromatic N) is 2. The largest absolute Gasteiger partial charge is 0.378 e. The molecule has 5 nitrogen and oxygen atoms in total. The normalized spacial score (nSPS) is 17.7. The number of morpholine rings is 1. The lowest BCUT2D eigenvalue weighted by Gasteiger charge is -2.31. The van der Waals surface area contributed by atoms with Crippen LogP contribution in [-0.4, -0.2) is 50.2 Å². The quantitative estimate of drug-likeness (QED) is 0.727. The number of nitrogens with one attached hydrogen (secondary N) is 1. The van der Waals surface area contributed by atoms with Crippen molar-refractivity contribution >= 4 is 11.6 Å². The summed E-state index contributed by atoms with van der Waals surface area (Å²) >= 11 is 0. The second kappa shape index (κ2) is 10.8. The van der Waals surface area contributed by atoms with Crippen molar-refractivity contribution in [2.24, 2.45) is 0 Å². The molecule has 1 N–H and O–H groups in total. The fourth-order valence-electron chi connectivity index (χ4n) is 4.73. The minimum Gasteiger partial charge on any atom is -0.378 e. The molecule has 0 unspecified atom stereocenters. The van der Waals surface area contributed by atoms with Crippen molar-refractivity contribution in [3.63, 3.8) is 0 Å². The molecule has 2 aromatic rings. The summed E-state index contributed by atoms with van der Waals surface area (Å²) in [5, 5.41) is 3.12. The molecule has 0 radical (unpaired) electrons. The van der Waals surface area contributed by atoms with Crippen LogP contribution in [0, 0.1) is 0 Å². The van der Waals surface area contributed by atoms with Crippen molar-refractivity contribution in [3.05, 3.63) is 65.2 Å². The first kappa shape index (κ1) is 21.8. The van der Waals surface area contributed by atoms with Crippen molar-refractivity contribution in [1.29, 1.82) is 0 Å². The van der Waals surface area contributed by atoms with E-state index in [2.05, 4.69) is 46.4 Å². The maximum Gasteiger partial charge on any atom is 0.251 e. The molecule has 166 valence electrons. The van der Waals surface area contributed by atoms with Gasteiger partial charge in [-0.15, -0.1) is 0 Å². The lowest BCUT2D eigenvalue weighted by atomic mass is 9.94. The molecule has 31 heavy (non-hydrogen) atoms. The number of carbonyl (C=O) groups excluding carboxylic acids is 1. The Bertz CT molecular complexity index is 840. The van der Waals surface area contributed by atoms with Gasteiger partial charge in [-0.3, -0.25) is 9.69 Å². The summed E-state index contributed by atoms with van der Waals surface area (Å²) < 4.78 is 5.42. The predicted octanol–water partition coefficient (Wildman–Crippen LogP) is 4.22. The topological polar surface area (TPSA) is 44.8 Å². The first-order chi connectivity index (χ1) is 15.2. The van der Waals surface area contributed by atoms with E-state index in [9.17, 15) is 4.79 Å². The summed E-state index contributed by atoms with van der Waals surface area (Å²) in [5.41, 5.74) is 4.35. The summed E-state index contributed by atoms with van der Waals surface area (Å²) in [6.07, 6.45) is 6.67. The van der Waals surface area contributed by atoms with E-state index in [1.165, 1.54) is 43.2 Å². The molecule has 1 aliphatic carbocycles. The molecule has 1 amide bonds. The zero-order chi connectivity index (χ0) is 21.5. The molecule has 1 aliphatic heterocycles. The Balaban J connectivity index is 1.34. The summed E-state index contributed by atoms with van der Waals surface area (Å²) in [7, 11) is 2.24. The van der Waals surface area contributed by atoms with E-state index in [-0.39, 0.29) is 5.91 Å². The maximum atomic E-state index is 12.7. The van der Waals surface area contributed by atoms with Crippen LogP contribution in [0.4, 0.5) is 5.69 Å². The summed E-state index contributed by atoms with van der Waals surface area (Å²) in [4.78, 5) is 17.5. The van der Waals surface area contributed by atoms with E-state index in [1.807, 2.05) is 24.3 Å². The van der Waals surface area contributed by atoms with Crippen LogP contribution in [0.25, 0.3) is 0 Å². The highest BCUT2D eigenvalue weighted by molar-refractivity contribution is 5.94. The van der Waals surface area contributed by atoms with Crippen LogP contribution in [0.2, 0.25) is 0 Å². The summed E-state index contributed by atoms with van der Waals surface area (Å²) in [6, 6.07) is 17.1. The van der Waals surface area contributed by atoms with Gasteiger partial charge < -0.3 is 15.0 Å². The third-order valence-electron chi connectivity index (χ3n) is 6.68. The summed E-state index contributed by atoms with van der Waals surface area (Å²) in [5.74, 6) is -0.0241. The van der Waals surface area contributed by atoms with Gasteiger partial charge in [0, 0.05) is 43.5 Å². The van der Waals surface area contributed by atoms with Crippen LogP contribution in [0.1, 0.15) is 53.6 Å². The average molecular weight is 422 g/mol. The second-order valence-electron chi connectivity index (χ2n) is 8.80. The number of anilines is 1. The number of amides is 1. The highest BCUT2D eigenvalue weighted by Crippen LogP contribution is 2.24. The molecule has 0 aromatic heterocycles. The molecule has 2 fully saturated rings. The van der Waals surface area contributed by atoms with Gasteiger partial charge in [0.05, 0.1) is 13.2 Å². The molecule has 2 aliphatic rings. The Morgan fingerprint density at radius 3 is 2.39 bits per heavy atom. The van der Waals surface area contributed by atoms with E-state index in [1.54, 1.807) is 0 Å². The monoisotopic (exact) mass is 421 g/mol. The number of rotatable bonds is 7. The number of carbonyl (C=O) groups is 1. The highest BCUT2D eigenvalue weighted by atomic mass is 16.5. The lowest BCUT2D eigenvalue weighted by Crippen LogP contribution is -2.36. The summed E-state index contributed by atoms with van der Waals surface area (Å²) in [6.45, 7) is 4.81. The van der Waals surface area contributed by atoms with Gasteiger partial charge >= 0.3 is 0 Å². The Morgan fingerprint density at radius 2 is 1.68 bits per heavy atom. The zero-order valence-corrected chi connectivity index (χ0v) is 18.7. The number of hydrogen-bond acceptors (Lipinski definition) is 4. The SMILES string of the molecule is CN(Cc1ccccc1CNC(=O)c1ccc(N2CCOCC2)cc1)C1CCCCC1. The molecular weight excluding hydrogens is 386 g/mol. The average Bonchev–Trinajstić information content (AvgIpc) is 2.84. The Morgan fingerprint density at radius 1 is 1.00 bits per heavy atom. The standard InChI is InChI=1S/C26H35N3O2/c1-28(24-9-3-2-4-10-24)20-23-8-6-5-7-22(23)19-27-26(30)21-11-13-25(14-12-21)29-15-17-31-18-16-29/h5-8,11-14,24H,2-4,9-10,15-20H2,1H3,(H,27,30).